The zero-order valence-corrected chi connectivity index (χ0v) is 30.7. The average Bonchev–Trinajstić information content (AvgIpc) is 3.29. The van der Waals surface area contributed by atoms with Gasteiger partial charge in [0.15, 0.2) is 5.82 Å². The Labute approximate surface area is 327 Å². The Morgan fingerprint density at radius 1 is 0.232 bits per heavy atom. The fourth-order valence-corrected chi connectivity index (χ4v) is 7.72. The fraction of sp³-hybridized carbons (Fsp3) is 0. The number of benzene rings is 9. The Morgan fingerprint density at radius 3 is 1.18 bits per heavy atom. The molecule has 0 saturated carbocycles. The quantitative estimate of drug-likeness (QED) is 0.154. The number of hydrogen-bond acceptors (Lipinski definition) is 2. The molecule has 262 valence electrons. The van der Waals surface area contributed by atoms with Gasteiger partial charge >= 0.3 is 0 Å². The number of fused-ring (bicyclic) bond motifs is 3. The van der Waals surface area contributed by atoms with E-state index in [0.717, 1.165) is 49.9 Å². The Balaban J connectivity index is 0.958. The molecule has 0 fully saturated rings. The fourth-order valence-electron chi connectivity index (χ4n) is 7.72. The molecule has 10 aromatic rings. The van der Waals surface area contributed by atoms with Crippen molar-refractivity contribution in [2.24, 2.45) is 0 Å². The van der Waals surface area contributed by atoms with Crippen LogP contribution in [-0.2, 0) is 0 Å². The molecule has 0 atom stereocenters. The molecule has 0 saturated heterocycles. The Kier molecular flexibility index (Phi) is 8.55. The second kappa shape index (κ2) is 14.4. The number of aromatic nitrogens is 2. The van der Waals surface area contributed by atoms with Crippen molar-refractivity contribution in [3.8, 4) is 78.3 Å². The van der Waals surface area contributed by atoms with E-state index in [9.17, 15) is 0 Å². The lowest BCUT2D eigenvalue weighted by molar-refractivity contribution is 1.23. The molecule has 2 nitrogen and oxygen atoms in total. The number of hydrogen-bond donors (Lipinski definition) is 0. The minimum atomic E-state index is 0.719. The molecule has 0 N–H and O–H groups in total. The van der Waals surface area contributed by atoms with Crippen LogP contribution in [0.25, 0.3) is 100.0 Å². The highest BCUT2D eigenvalue weighted by molar-refractivity contribution is 6.09. The third-order valence-electron chi connectivity index (χ3n) is 10.7. The van der Waals surface area contributed by atoms with Crippen molar-refractivity contribution in [2.45, 2.75) is 0 Å². The Hall–Kier alpha value is -7.42. The van der Waals surface area contributed by atoms with Gasteiger partial charge in [-0.15, -0.1) is 0 Å². The molecule has 9 aromatic carbocycles. The standard InChI is InChI=1S/C54H36N2/c1-3-11-37(12-4-1)39-27-31-45(32-28-39)54-55-52(51-34-33-43-15-7-8-20-50(43)53(51)56-54)44-29-25-41(26-30-44)40-21-23-42(24-22-40)47-17-10-19-49(36-47)48-18-9-16-46(35-48)38-13-5-2-6-14-38/h1-36H. The van der Waals surface area contributed by atoms with Gasteiger partial charge in [0.1, 0.15) is 0 Å². The molecular weight excluding hydrogens is 677 g/mol. The Morgan fingerprint density at radius 2 is 0.625 bits per heavy atom. The maximum Gasteiger partial charge on any atom is 0.160 e. The van der Waals surface area contributed by atoms with Crippen molar-refractivity contribution in [1.29, 1.82) is 0 Å². The highest BCUT2D eigenvalue weighted by atomic mass is 14.9. The van der Waals surface area contributed by atoms with Crippen LogP contribution in [0.3, 0.4) is 0 Å². The van der Waals surface area contributed by atoms with Gasteiger partial charge in [-0.25, -0.2) is 9.97 Å². The minimum Gasteiger partial charge on any atom is -0.227 e. The first-order valence-corrected chi connectivity index (χ1v) is 19.1. The van der Waals surface area contributed by atoms with Crippen LogP contribution in [0, 0.1) is 0 Å². The van der Waals surface area contributed by atoms with Crippen molar-refractivity contribution >= 4 is 21.7 Å². The van der Waals surface area contributed by atoms with Gasteiger partial charge in [-0.3, -0.25) is 0 Å². The van der Waals surface area contributed by atoms with Gasteiger partial charge in [0.05, 0.1) is 11.2 Å². The summed E-state index contributed by atoms with van der Waals surface area (Å²) >= 11 is 0. The molecular formula is C54H36N2. The predicted octanol–water partition coefficient (Wildman–Crippen LogP) is 14.5. The molecule has 0 aliphatic heterocycles. The maximum absolute atomic E-state index is 5.24. The third-order valence-corrected chi connectivity index (χ3v) is 10.7. The maximum atomic E-state index is 5.24. The molecule has 0 bridgehead atoms. The molecule has 56 heavy (non-hydrogen) atoms. The van der Waals surface area contributed by atoms with Crippen molar-refractivity contribution in [3.63, 3.8) is 0 Å². The van der Waals surface area contributed by atoms with Crippen molar-refractivity contribution in [1.82, 2.24) is 9.97 Å². The van der Waals surface area contributed by atoms with Crippen molar-refractivity contribution in [3.05, 3.63) is 218 Å². The molecule has 1 heterocycles. The first-order valence-electron chi connectivity index (χ1n) is 19.1. The summed E-state index contributed by atoms with van der Waals surface area (Å²) < 4.78 is 0. The lowest BCUT2D eigenvalue weighted by Crippen LogP contribution is -1.96. The molecule has 0 amide bonds. The van der Waals surface area contributed by atoms with Crippen LogP contribution in [0.1, 0.15) is 0 Å². The van der Waals surface area contributed by atoms with E-state index in [1.54, 1.807) is 0 Å². The van der Waals surface area contributed by atoms with Gasteiger partial charge in [-0.05, 0) is 79.2 Å². The summed E-state index contributed by atoms with van der Waals surface area (Å²) in [5.74, 6) is 0.719. The van der Waals surface area contributed by atoms with Crippen LogP contribution in [0.15, 0.2) is 218 Å². The number of rotatable bonds is 7. The Bertz CT molecular complexity index is 2970. The second-order valence-corrected chi connectivity index (χ2v) is 14.2. The lowest BCUT2D eigenvalue weighted by Gasteiger charge is -2.13. The van der Waals surface area contributed by atoms with E-state index in [4.69, 9.17) is 9.97 Å². The summed E-state index contributed by atoms with van der Waals surface area (Å²) in [5, 5.41) is 3.33. The van der Waals surface area contributed by atoms with Gasteiger partial charge in [0, 0.05) is 21.9 Å². The van der Waals surface area contributed by atoms with Crippen LogP contribution < -0.4 is 0 Å². The zero-order valence-electron chi connectivity index (χ0n) is 30.7. The van der Waals surface area contributed by atoms with Gasteiger partial charge in [0.2, 0.25) is 0 Å². The van der Waals surface area contributed by atoms with E-state index in [1.165, 1.54) is 50.1 Å². The van der Waals surface area contributed by atoms with E-state index < -0.39 is 0 Å². The summed E-state index contributed by atoms with van der Waals surface area (Å²) in [6.07, 6.45) is 0. The van der Waals surface area contributed by atoms with Gasteiger partial charge in [-0.2, -0.15) is 0 Å². The molecule has 0 unspecified atom stereocenters. The van der Waals surface area contributed by atoms with Crippen molar-refractivity contribution < 1.29 is 0 Å². The van der Waals surface area contributed by atoms with Crippen LogP contribution in [-0.4, -0.2) is 9.97 Å². The highest BCUT2D eigenvalue weighted by Crippen LogP contribution is 2.36. The van der Waals surface area contributed by atoms with Gasteiger partial charge < -0.3 is 0 Å². The predicted molar refractivity (Wildman–Crippen MR) is 235 cm³/mol. The zero-order chi connectivity index (χ0) is 37.3. The van der Waals surface area contributed by atoms with Crippen molar-refractivity contribution in [2.75, 3.05) is 0 Å². The molecule has 2 heteroatoms. The normalized spacial score (nSPS) is 11.2. The monoisotopic (exact) mass is 712 g/mol. The molecule has 1 aromatic heterocycles. The van der Waals surface area contributed by atoms with E-state index in [2.05, 4.69) is 212 Å². The molecule has 0 spiro atoms. The van der Waals surface area contributed by atoms with Crippen LogP contribution in [0.2, 0.25) is 0 Å². The first-order chi connectivity index (χ1) is 27.7. The van der Waals surface area contributed by atoms with E-state index >= 15 is 0 Å². The largest absolute Gasteiger partial charge is 0.227 e. The lowest BCUT2D eigenvalue weighted by atomic mass is 9.95. The summed E-state index contributed by atoms with van der Waals surface area (Å²) in [5.41, 5.74) is 15.9. The SMILES string of the molecule is c1ccc(-c2ccc(-c3nc(-c4ccc(-c5ccc(-c6cccc(-c7cccc(-c8ccccc8)c7)c6)cc5)cc4)c4ccc5ccccc5c4n3)cc2)cc1. The van der Waals surface area contributed by atoms with Crippen LogP contribution in [0.4, 0.5) is 0 Å². The van der Waals surface area contributed by atoms with Crippen LogP contribution >= 0.6 is 0 Å². The topological polar surface area (TPSA) is 25.8 Å². The molecule has 0 aliphatic carbocycles. The van der Waals surface area contributed by atoms with Gasteiger partial charge in [0.25, 0.3) is 0 Å². The summed E-state index contributed by atoms with van der Waals surface area (Å²) in [6, 6.07) is 77.6. The second-order valence-electron chi connectivity index (χ2n) is 14.2. The summed E-state index contributed by atoms with van der Waals surface area (Å²) in [6.45, 7) is 0. The minimum absolute atomic E-state index is 0.719. The van der Waals surface area contributed by atoms with E-state index in [0.29, 0.717) is 0 Å². The third kappa shape index (κ3) is 6.44. The molecule has 0 aliphatic rings. The average molecular weight is 713 g/mol. The summed E-state index contributed by atoms with van der Waals surface area (Å²) in [4.78, 5) is 10.4. The molecule has 10 rings (SSSR count). The van der Waals surface area contributed by atoms with Crippen LogP contribution in [0.5, 0.6) is 0 Å². The smallest absolute Gasteiger partial charge is 0.160 e. The number of nitrogens with zero attached hydrogens (tertiary/aromatic N) is 2. The molecule has 0 radical (unpaired) electrons. The highest BCUT2D eigenvalue weighted by Gasteiger charge is 2.15. The first kappa shape index (κ1) is 33.2. The van der Waals surface area contributed by atoms with Gasteiger partial charge in [-0.1, -0.05) is 200 Å². The van der Waals surface area contributed by atoms with E-state index in [-0.39, 0.29) is 0 Å². The van der Waals surface area contributed by atoms with E-state index in [1.807, 2.05) is 6.07 Å². The summed E-state index contributed by atoms with van der Waals surface area (Å²) in [7, 11) is 0.